The van der Waals surface area contributed by atoms with Crippen LogP contribution in [0.15, 0.2) is 34.7 Å². The number of benzene rings is 1. The molecule has 2 amide bonds. The highest BCUT2D eigenvalue weighted by atomic mass is 32.2. The SMILES string of the molecule is CNC(=O)c1c(-c2ccc(C)cc2)oc2nc(N(CCCCC(=O)NCCCC(=O)O)S(C)(=O)=O)c(C3CC3)cc12. The first-order chi connectivity index (χ1) is 19.5. The average molecular weight is 585 g/mol. The summed E-state index contributed by atoms with van der Waals surface area (Å²) in [5.41, 5.74) is 3.05. The first kappa shape index (κ1) is 30.0. The Labute approximate surface area is 239 Å². The molecule has 12 heteroatoms. The van der Waals surface area contributed by atoms with Crippen LogP contribution in [-0.2, 0) is 19.6 Å². The van der Waals surface area contributed by atoms with Gasteiger partial charge in [-0.25, -0.2) is 8.42 Å². The van der Waals surface area contributed by atoms with Crippen molar-refractivity contribution >= 4 is 44.7 Å². The maximum Gasteiger partial charge on any atom is 0.303 e. The van der Waals surface area contributed by atoms with E-state index in [2.05, 4.69) is 10.6 Å². The molecule has 0 aliphatic heterocycles. The molecule has 0 radical (unpaired) electrons. The second-order valence-corrected chi connectivity index (χ2v) is 12.3. The Kier molecular flexibility index (Phi) is 9.31. The number of anilines is 1. The molecule has 0 saturated heterocycles. The summed E-state index contributed by atoms with van der Waals surface area (Å²) in [4.78, 5) is 40.4. The molecule has 4 rings (SSSR count). The lowest BCUT2D eigenvalue weighted by Gasteiger charge is -2.24. The lowest BCUT2D eigenvalue weighted by atomic mass is 10.0. The van der Waals surface area contributed by atoms with E-state index < -0.39 is 16.0 Å². The number of carboxylic acids is 1. The summed E-state index contributed by atoms with van der Waals surface area (Å²) in [6, 6.07) is 9.42. The van der Waals surface area contributed by atoms with Crippen LogP contribution < -0.4 is 14.9 Å². The van der Waals surface area contributed by atoms with Gasteiger partial charge >= 0.3 is 5.97 Å². The van der Waals surface area contributed by atoms with Crippen LogP contribution in [0.1, 0.15) is 72.3 Å². The number of aromatic nitrogens is 1. The Hall–Kier alpha value is -3.93. The zero-order valence-corrected chi connectivity index (χ0v) is 24.3. The van der Waals surface area contributed by atoms with Crippen molar-refractivity contribution in [2.24, 2.45) is 0 Å². The van der Waals surface area contributed by atoms with Gasteiger partial charge in [0.05, 0.1) is 17.2 Å². The molecule has 1 aliphatic rings. The maximum absolute atomic E-state index is 13.0. The van der Waals surface area contributed by atoms with Gasteiger partial charge in [0, 0.05) is 38.5 Å². The van der Waals surface area contributed by atoms with Crippen LogP contribution in [-0.4, -0.2) is 62.7 Å². The topological polar surface area (TPSA) is 159 Å². The number of fused-ring (bicyclic) bond motifs is 1. The normalized spacial score (nSPS) is 13.2. The maximum atomic E-state index is 13.0. The van der Waals surface area contributed by atoms with Gasteiger partial charge in [-0.2, -0.15) is 4.98 Å². The fraction of sp³-hybridized carbons (Fsp3) is 0.448. The van der Waals surface area contributed by atoms with E-state index in [-0.39, 0.29) is 55.2 Å². The number of carboxylic acid groups (broad SMARTS) is 1. The molecule has 0 unspecified atom stereocenters. The molecule has 1 aromatic carbocycles. The van der Waals surface area contributed by atoms with E-state index in [1.165, 1.54) is 4.31 Å². The van der Waals surface area contributed by atoms with Crippen molar-refractivity contribution in [1.29, 1.82) is 0 Å². The van der Waals surface area contributed by atoms with E-state index in [0.29, 0.717) is 41.5 Å². The van der Waals surface area contributed by atoms with Crippen LogP contribution in [0.25, 0.3) is 22.4 Å². The van der Waals surface area contributed by atoms with Crippen molar-refractivity contribution in [2.75, 3.05) is 30.7 Å². The van der Waals surface area contributed by atoms with Crippen molar-refractivity contribution in [2.45, 2.75) is 57.8 Å². The van der Waals surface area contributed by atoms with E-state index >= 15 is 0 Å². The summed E-state index contributed by atoms with van der Waals surface area (Å²) in [6.45, 7) is 2.37. The third kappa shape index (κ3) is 7.43. The smallest absolute Gasteiger partial charge is 0.303 e. The van der Waals surface area contributed by atoms with Crippen LogP contribution in [0.5, 0.6) is 0 Å². The fourth-order valence-corrected chi connectivity index (χ4v) is 5.63. The largest absolute Gasteiger partial charge is 0.481 e. The number of nitrogens with one attached hydrogen (secondary N) is 2. The predicted molar refractivity (Wildman–Crippen MR) is 155 cm³/mol. The molecule has 220 valence electrons. The number of pyridine rings is 1. The number of aryl methyl sites for hydroxylation is 1. The number of hydrogen-bond donors (Lipinski definition) is 3. The lowest BCUT2D eigenvalue weighted by Crippen LogP contribution is -2.33. The third-order valence-corrected chi connectivity index (χ3v) is 8.17. The van der Waals surface area contributed by atoms with Gasteiger partial charge in [-0.1, -0.05) is 29.8 Å². The molecule has 41 heavy (non-hydrogen) atoms. The van der Waals surface area contributed by atoms with E-state index in [1.54, 1.807) is 7.05 Å². The Balaban J connectivity index is 1.61. The Morgan fingerprint density at radius 1 is 1.10 bits per heavy atom. The molecule has 0 spiro atoms. The number of sulfonamides is 1. The minimum Gasteiger partial charge on any atom is -0.481 e. The van der Waals surface area contributed by atoms with Crippen molar-refractivity contribution < 1.29 is 32.3 Å². The summed E-state index contributed by atoms with van der Waals surface area (Å²) in [5, 5.41) is 14.6. The number of carbonyl (C=O) groups excluding carboxylic acids is 2. The summed E-state index contributed by atoms with van der Waals surface area (Å²) in [5.74, 6) is -0.669. The molecule has 2 aromatic heterocycles. The van der Waals surface area contributed by atoms with Crippen LogP contribution >= 0.6 is 0 Å². The van der Waals surface area contributed by atoms with Crippen LogP contribution in [0, 0.1) is 6.92 Å². The van der Waals surface area contributed by atoms with E-state index in [1.807, 2.05) is 37.3 Å². The first-order valence-electron chi connectivity index (χ1n) is 13.7. The highest BCUT2D eigenvalue weighted by molar-refractivity contribution is 7.92. The van der Waals surface area contributed by atoms with E-state index in [4.69, 9.17) is 14.5 Å². The number of nitrogens with zero attached hydrogens (tertiary/aromatic N) is 2. The van der Waals surface area contributed by atoms with Crippen molar-refractivity contribution in [1.82, 2.24) is 15.6 Å². The highest BCUT2D eigenvalue weighted by Crippen LogP contribution is 2.46. The predicted octanol–water partition coefficient (Wildman–Crippen LogP) is 3.96. The van der Waals surface area contributed by atoms with Gasteiger partial charge in [0.15, 0.2) is 0 Å². The van der Waals surface area contributed by atoms with Crippen molar-refractivity contribution in [3.05, 3.63) is 47.0 Å². The Morgan fingerprint density at radius 3 is 2.41 bits per heavy atom. The Morgan fingerprint density at radius 2 is 1.80 bits per heavy atom. The zero-order chi connectivity index (χ0) is 29.7. The van der Waals surface area contributed by atoms with Crippen LogP contribution in [0.4, 0.5) is 5.82 Å². The van der Waals surface area contributed by atoms with Crippen molar-refractivity contribution in [3.8, 4) is 11.3 Å². The molecule has 0 bridgehead atoms. The number of carbonyl (C=O) groups is 3. The number of rotatable bonds is 14. The molecule has 1 fully saturated rings. The fourth-order valence-electron chi connectivity index (χ4n) is 4.71. The van der Waals surface area contributed by atoms with Gasteiger partial charge in [0.1, 0.15) is 11.6 Å². The van der Waals surface area contributed by atoms with E-state index in [0.717, 1.165) is 30.2 Å². The van der Waals surface area contributed by atoms with Crippen molar-refractivity contribution in [3.63, 3.8) is 0 Å². The lowest BCUT2D eigenvalue weighted by molar-refractivity contribution is -0.137. The first-order valence-corrected chi connectivity index (χ1v) is 15.6. The van der Waals surface area contributed by atoms with Gasteiger partial charge in [-0.15, -0.1) is 0 Å². The van der Waals surface area contributed by atoms with Gasteiger partial charge in [0.2, 0.25) is 21.6 Å². The minimum absolute atomic E-state index is 0.0168. The molecule has 3 aromatic rings. The summed E-state index contributed by atoms with van der Waals surface area (Å²) in [7, 11) is -2.18. The third-order valence-electron chi connectivity index (χ3n) is 7.02. The van der Waals surface area contributed by atoms with E-state index in [9.17, 15) is 22.8 Å². The number of hydrogen-bond acceptors (Lipinski definition) is 7. The number of furan rings is 1. The van der Waals surface area contributed by atoms with Gasteiger partial charge in [0.25, 0.3) is 5.91 Å². The summed E-state index contributed by atoms with van der Waals surface area (Å²) >= 11 is 0. The van der Waals surface area contributed by atoms with Gasteiger partial charge in [-0.05, 0) is 56.6 Å². The Bertz CT molecular complexity index is 1540. The molecule has 0 atom stereocenters. The molecule has 2 heterocycles. The molecule has 1 saturated carbocycles. The average Bonchev–Trinajstić information content (AvgIpc) is 3.70. The molecular formula is C29H36N4O7S. The van der Waals surface area contributed by atoms with Crippen LogP contribution in [0.2, 0.25) is 0 Å². The van der Waals surface area contributed by atoms with Gasteiger partial charge in [-0.3, -0.25) is 18.7 Å². The number of unbranched alkanes of at least 4 members (excludes halogenated alkanes) is 1. The van der Waals surface area contributed by atoms with Crippen LogP contribution in [0.3, 0.4) is 0 Å². The minimum atomic E-state index is -3.73. The number of aliphatic carboxylic acids is 1. The second kappa shape index (κ2) is 12.7. The van der Waals surface area contributed by atoms with Gasteiger partial charge < -0.3 is 20.2 Å². The molecule has 1 aliphatic carbocycles. The monoisotopic (exact) mass is 584 g/mol. The number of amides is 2. The quantitative estimate of drug-likeness (QED) is 0.240. The standard InChI is InChI=1S/C29H36N4O7S/c1-18-9-11-20(12-10-18)26-25(28(37)30-2)22-17-21(19-13-14-19)27(32-29(22)40-26)33(41(3,38)39)16-5-4-7-23(34)31-15-6-8-24(35)36/h9-12,17,19H,4-8,13-16H2,1-3H3,(H,30,37)(H,31,34)(H,35,36). The molecule has 3 N–H and O–H groups in total. The summed E-state index contributed by atoms with van der Waals surface area (Å²) < 4.78 is 33.3. The summed E-state index contributed by atoms with van der Waals surface area (Å²) in [6.07, 6.45) is 4.28. The zero-order valence-electron chi connectivity index (χ0n) is 23.5. The molecule has 11 nitrogen and oxygen atoms in total. The highest BCUT2D eigenvalue weighted by Gasteiger charge is 2.34. The molecular weight excluding hydrogens is 548 g/mol. The second-order valence-electron chi connectivity index (χ2n) is 10.4.